The fourth-order valence-corrected chi connectivity index (χ4v) is 3.15. The molecule has 2 aromatic rings. The summed E-state index contributed by atoms with van der Waals surface area (Å²) < 4.78 is 5.29. The molecule has 1 heterocycles. The summed E-state index contributed by atoms with van der Waals surface area (Å²) in [4.78, 5) is 26.0. The first kappa shape index (κ1) is 18.2. The van der Waals surface area contributed by atoms with Crippen molar-refractivity contribution >= 4 is 23.2 Å². The SMILES string of the molecule is CCCC(NC(=O)C(C)OC(=O)c1ccc(C)s1)c1ccccc1. The van der Waals surface area contributed by atoms with Crippen LogP contribution in [0.5, 0.6) is 0 Å². The number of hydrogen-bond acceptors (Lipinski definition) is 4. The Hall–Kier alpha value is -2.14. The van der Waals surface area contributed by atoms with Crippen LogP contribution in [0.3, 0.4) is 0 Å². The Morgan fingerprint density at radius 3 is 2.46 bits per heavy atom. The normalized spacial score (nSPS) is 13.1. The Morgan fingerprint density at radius 1 is 1.17 bits per heavy atom. The quantitative estimate of drug-likeness (QED) is 0.763. The van der Waals surface area contributed by atoms with Gasteiger partial charge in [0.1, 0.15) is 4.88 Å². The van der Waals surface area contributed by atoms with Crippen LogP contribution in [0.25, 0.3) is 0 Å². The van der Waals surface area contributed by atoms with E-state index in [1.165, 1.54) is 11.3 Å². The van der Waals surface area contributed by atoms with E-state index in [2.05, 4.69) is 12.2 Å². The van der Waals surface area contributed by atoms with Crippen LogP contribution in [-0.2, 0) is 9.53 Å². The van der Waals surface area contributed by atoms with Gasteiger partial charge in [0.2, 0.25) is 0 Å². The molecule has 128 valence electrons. The first-order chi connectivity index (χ1) is 11.5. The highest BCUT2D eigenvalue weighted by Gasteiger charge is 2.22. The molecule has 0 aliphatic carbocycles. The van der Waals surface area contributed by atoms with Gasteiger partial charge < -0.3 is 10.1 Å². The summed E-state index contributed by atoms with van der Waals surface area (Å²) in [5, 5.41) is 2.98. The monoisotopic (exact) mass is 345 g/mol. The zero-order valence-electron chi connectivity index (χ0n) is 14.2. The minimum atomic E-state index is -0.831. The fraction of sp³-hybridized carbons (Fsp3) is 0.368. The van der Waals surface area contributed by atoms with Crippen molar-refractivity contribution in [2.75, 3.05) is 0 Å². The predicted molar refractivity (Wildman–Crippen MR) is 96.2 cm³/mol. The van der Waals surface area contributed by atoms with Gasteiger partial charge in [0.05, 0.1) is 6.04 Å². The highest BCUT2D eigenvalue weighted by molar-refractivity contribution is 7.13. The third kappa shape index (κ3) is 4.93. The van der Waals surface area contributed by atoms with Crippen molar-refractivity contribution in [3.8, 4) is 0 Å². The largest absolute Gasteiger partial charge is 0.448 e. The van der Waals surface area contributed by atoms with E-state index in [4.69, 9.17) is 4.74 Å². The number of ether oxygens (including phenoxy) is 1. The molecule has 5 heteroatoms. The number of thiophene rings is 1. The molecule has 0 saturated carbocycles. The van der Waals surface area contributed by atoms with E-state index in [-0.39, 0.29) is 11.9 Å². The second kappa shape index (κ2) is 8.64. The summed E-state index contributed by atoms with van der Waals surface area (Å²) in [5.41, 5.74) is 1.06. The number of esters is 1. The van der Waals surface area contributed by atoms with Gasteiger partial charge in [-0.05, 0) is 38.0 Å². The molecular weight excluding hydrogens is 322 g/mol. The first-order valence-corrected chi connectivity index (χ1v) is 8.95. The van der Waals surface area contributed by atoms with Gasteiger partial charge in [-0.25, -0.2) is 4.79 Å². The predicted octanol–water partition coefficient (Wildman–Crippen LogP) is 4.26. The van der Waals surface area contributed by atoms with Crippen LogP contribution in [0.15, 0.2) is 42.5 Å². The molecule has 4 nitrogen and oxygen atoms in total. The van der Waals surface area contributed by atoms with Crippen molar-refractivity contribution in [2.45, 2.75) is 45.8 Å². The second-order valence-electron chi connectivity index (χ2n) is 5.72. The Morgan fingerprint density at radius 2 is 1.88 bits per heavy atom. The van der Waals surface area contributed by atoms with Crippen LogP contribution in [0, 0.1) is 6.92 Å². The van der Waals surface area contributed by atoms with Crippen molar-refractivity contribution in [2.24, 2.45) is 0 Å². The molecule has 0 saturated heterocycles. The molecule has 1 aromatic carbocycles. The lowest BCUT2D eigenvalue weighted by Gasteiger charge is -2.21. The Kier molecular flexibility index (Phi) is 6.55. The van der Waals surface area contributed by atoms with Gasteiger partial charge in [0, 0.05) is 4.88 Å². The van der Waals surface area contributed by atoms with E-state index in [0.717, 1.165) is 23.3 Å². The minimum absolute atomic E-state index is 0.0752. The summed E-state index contributed by atoms with van der Waals surface area (Å²) in [5.74, 6) is -0.735. The van der Waals surface area contributed by atoms with Gasteiger partial charge in [-0.2, -0.15) is 0 Å². The summed E-state index contributed by atoms with van der Waals surface area (Å²) >= 11 is 1.36. The van der Waals surface area contributed by atoms with Gasteiger partial charge in [-0.15, -0.1) is 11.3 Å². The molecule has 0 fully saturated rings. The van der Waals surface area contributed by atoms with Gasteiger partial charge in [-0.3, -0.25) is 4.79 Å². The zero-order valence-corrected chi connectivity index (χ0v) is 15.1. The van der Waals surface area contributed by atoms with E-state index >= 15 is 0 Å². The number of rotatable bonds is 7. The van der Waals surface area contributed by atoms with Crippen LogP contribution >= 0.6 is 11.3 Å². The first-order valence-electron chi connectivity index (χ1n) is 8.14. The summed E-state index contributed by atoms with van der Waals surface area (Å²) in [6.45, 7) is 5.60. The molecule has 0 aliphatic heterocycles. The Balaban J connectivity index is 1.97. The van der Waals surface area contributed by atoms with E-state index in [1.807, 2.05) is 43.3 Å². The van der Waals surface area contributed by atoms with Crippen molar-refractivity contribution in [3.63, 3.8) is 0 Å². The highest BCUT2D eigenvalue weighted by Crippen LogP contribution is 2.19. The lowest BCUT2D eigenvalue weighted by molar-refractivity contribution is -0.129. The maximum atomic E-state index is 12.4. The molecule has 24 heavy (non-hydrogen) atoms. The number of nitrogens with one attached hydrogen (secondary N) is 1. The molecule has 0 aliphatic rings. The number of benzene rings is 1. The number of hydrogen-bond donors (Lipinski definition) is 1. The Bertz CT molecular complexity index is 681. The van der Waals surface area contributed by atoms with Crippen molar-refractivity contribution in [1.82, 2.24) is 5.32 Å². The summed E-state index contributed by atoms with van der Waals surface area (Å²) in [6, 6.07) is 13.3. The summed E-state index contributed by atoms with van der Waals surface area (Å²) in [6.07, 6.45) is 0.950. The third-order valence-corrected chi connectivity index (χ3v) is 4.67. The average Bonchev–Trinajstić information content (AvgIpc) is 3.01. The van der Waals surface area contributed by atoms with Crippen LogP contribution in [0.1, 0.15) is 52.8 Å². The van der Waals surface area contributed by atoms with Crippen LogP contribution in [-0.4, -0.2) is 18.0 Å². The fourth-order valence-electron chi connectivity index (χ4n) is 2.40. The molecule has 0 spiro atoms. The van der Waals surface area contributed by atoms with Gasteiger partial charge >= 0.3 is 5.97 Å². The van der Waals surface area contributed by atoms with Crippen LogP contribution in [0.2, 0.25) is 0 Å². The molecule has 1 amide bonds. The summed E-state index contributed by atoms with van der Waals surface area (Å²) in [7, 11) is 0. The number of aryl methyl sites for hydroxylation is 1. The van der Waals surface area contributed by atoms with E-state index < -0.39 is 12.1 Å². The molecule has 1 N–H and O–H groups in total. The molecule has 0 bridgehead atoms. The molecule has 2 rings (SSSR count). The lowest BCUT2D eigenvalue weighted by atomic mass is 10.0. The van der Waals surface area contributed by atoms with Gasteiger partial charge in [0.15, 0.2) is 6.10 Å². The molecule has 1 aromatic heterocycles. The van der Waals surface area contributed by atoms with Crippen molar-refractivity contribution < 1.29 is 14.3 Å². The highest BCUT2D eigenvalue weighted by atomic mass is 32.1. The standard InChI is InChI=1S/C19H23NO3S/c1-4-8-16(15-9-6-5-7-10-15)20-18(21)14(3)23-19(22)17-12-11-13(2)24-17/h5-7,9-12,14,16H,4,8H2,1-3H3,(H,20,21). The maximum Gasteiger partial charge on any atom is 0.349 e. The average molecular weight is 345 g/mol. The van der Waals surface area contributed by atoms with E-state index in [9.17, 15) is 9.59 Å². The van der Waals surface area contributed by atoms with Gasteiger partial charge in [0.25, 0.3) is 5.91 Å². The number of amides is 1. The molecule has 2 atom stereocenters. The minimum Gasteiger partial charge on any atom is -0.448 e. The van der Waals surface area contributed by atoms with E-state index in [0.29, 0.717) is 4.88 Å². The maximum absolute atomic E-state index is 12.4. The van der Waals surface area contributed by atoms with Crippen molar-refractivity contribution in [3.05, 3.63) is 57.8 Å². The topological polar surface area (TPSA) is 55.4 Å². The number of carbonyl (C=O) groups is 2. The molecular formula is C19H23NO3S. The van der Waals surface area contributed by atoms with Crippen LogP contribution in [0.4, 0.5) is 0 Å². The lowest BCUT2D eigenvalue weighted by Crippen LogP contribution is -2.38. The van der Waals surface area contributed by atoms with Crippen LogP contribution < -0.4 is 5.32 Å². The van der Waals surface area contributed by atoms with Gasteiger partial charge in [-0.1, -0.05) is 43.7 Å². The Labute approximate surface area is 146 Å². The molecule has 2 unspecified atom stereocenters. The molecule has 0 radical (unpaired) electrons. The third-order valence-electron chi connectivity index (χ3n) is 3.69. The smallest absolute Gasteiger partial charge is 0.349 e. The zero-order chi connectivity index (χ0) is 17.5. The van der Waals surface area contributed by atoms with Crippen molar-refractivity contribution in [1.29, 1.82) is 0 Å². The second-order valence-corrected chi connectivity index (χ2v) is 7.01. The number of carbonyl (C=O) groups excluding carboxylic acids is 2. The van der Waals surface area contributed by atoms with E-state index in [1.54, 1.807) is 13.0 Å².